The van der Waals surface area contributed by atoms with Crippen LogP contribution in [0.15, 0.2) is 0 Å². The second kappa shape index (κ2) is 14.7. The summed E-state index contributed by atoms with van der Waals surface area (Å²) in [7, 11) is 0. The average Bonchev–Trinajstić information content (AvgIpc) is 2.56. The predicted octanol–water partition coefficient (Wildman–Crippen LogP) is -0.352. The van der Waals surface area contributed by atoms with Crippen molar-refractivity contribution in [1.29, 1.82) is 0 Å². The van der Waals surface area contributed by atoms with Crippen LogP contribution in [-0.2, 0) is 19.2 Å². The van der Waals surface area contributed by atoms with Crippen LogP contribution in [-0.4, -0.2) is 60.3 Å². The number of carbonyl (C=O) groups excluding carboxylic acids is 4. The van der Waals surface area contributed by atoms with Gasteiger partial charge in [0.25, 0.3) is 0 Å². The maximum atomic E-state index is 12.0. The van der Waals surface area contributed by atoms with Crippen molar-refractivity contribution < 1.29 is 19.2 Å². The molecule has 0 bridgehead atoms. The van der Waals surface area contributed by atoms with Crippen LogP contribution >= 0.6 is 25.3 Å². The molecule has 0 aliphatic heterocycles. The van der Waals surface area contributed by atoms with E-state index < -0.39 is 12.1 Å². The van der Waals surface area contributed by atoms with Crippen LogP contribution in [0.5, 0.6) is 0 Å². The minimum Gasteiger partial charge on any atom is -0.354 e. The van der Waals surface area contributed by atoms with Crippen molar-refractivity contribution in [3.8, 4) is 0 Å². The minimum atomic E-state index is -0.579. The summed E-state index contributed by atoms with van der Waals surface area (Å²) in [4.78, 5) is 46.2. The van der Waals surface area contributed by atoms with Gasteiger partial charge in [0.1, 0.15) is 12.1 Å². The Morgan fingerprint density at radius 1 is 0.731 bits per heavy atom. The number of thiol groups is 2. The predicted molar refractivity (Wildman–Crippen MR) is 107 cm³/mol. The Morgan fingerprint density at radius 3 is 1.35 bits per heavy atom. The maximum absolute atomic E-state index is 12.0. The summed E-state index contributed by atoms with van der Waals surface area (Å²) in [5.74, 6) is -0.0112. The second-order valence-electron chi connectivity index (χ2n) is 5.82. The van der Waals surface area contributed by atoms with Gasteiger partial charge in [0.05, 0.1) is 0 Å². The van der Waals surface area contributed by atoms with Gasteiger partial charge in [0.2, 0.25) is 23.6 Å². The van der Waals surface area contributed by atoms with Gasteiger partial charge in [-0.25, -0.2) is 0 Å². The fourth-order valence-corrected chi connectivity index (χ4v) is 2.72. The van der Waals surface area contributed by atoms with Gasteiger partial charge in [0.15, 0.2) is 0 Å². The Labute approximate surface area is 165 Å². The minimum absolute atomic E-state index is 0.238. The van der Waals surface area contributed by atoms with Gasteiger partial charge in [-0.05, 0) is 37.2 Å². The molecule has 0 fully saturated rings. The van der Waals surface area contributed by atoms with Crippen LogP contribution in [0.2, 0.25) is 0 Å². The summed E-state index contributed by atoms with van der Waals surface area (Å²) >= 11 is 8.17. The highest BCUT2D eigenvalue weighted by atomic mass is 32.1. The van der Waals surface area contributed by atoms with Crippen molar-refractivity contribution in [2.24, 2.45) is 0 Å². The normalized spacial score (nSPS) is 12.6. The molecule has 0 heterocycles. The number of hydrogen-bond donors (Lipinski definition) is 6. The van der Waals surface area contributed by atoms with Gasteiger partial charge in [-0.2, -0.15) is 25.3 Å². The second-order valence-corrected chi connectivity index (χ2v) is 6.71. The SMILES string of the molecule is CC(=O)NC(CCS)C(=O)NCCCCNC(=O)C(CCS)NC(C)=O. The molecule has 0 saturated heterocycles. The van der Waals surface area contributed by atoms with E-state index in [9.17, 15) is 19.2 Å². The van der Waals surface area contributed by atoms with Gasteiger partial charge in [-0.15, -0.1) is 0 Å². The maximum Gasteiger partial charge on any atom is 0.242 e. The van der Waals surface area contributed by atoms with E-state index in [1.165, 1.54) is 13.8 Å². The number of nitrogens with one attached hydrogen (secondary N) is 4. The van der Waals surface area contributed by atoms with Crippen molar-refractivity contribution in [3.63, 3.8) is 0 Å². The van der Waals surface area contributed by atoms with E-state index in [1.807, 2.05) is 0 Å². The lowest BCUT2D eigenvalue weighted by molar-refractivity contribution is -0.128. The molecule has 0 aliphatic carbocycles. The van der Waals surface area contributed by atoms with Gasteiger partial charge < -0.3 is 21.3 Å². The average molecular weight is 407 g/mol. The molecule has 150 valence electrons. The van der Waals surface area contributed by atoms with Crippen LogP contribution in [0.1, 0.15) is 39.5 Å². The van der Waals surface area contributed by atoms with Gasteiger partial charge in [-0.3, -0.25) is 19.2 Å². The molecular weight excluding hydrogens is 376 g/mol. The van der Waals surface area contributed by atoms with Gasteiger partial charge in [0, 0.05) is 26.9 Å². The highest BCUT2D eigenvalue weighted by Crippen LogP contribution is 1.97. The monoisotopic (exact) mass is 406 g/mol. The molecular formula is C16H30N4O4S2. The van der Waals surface area contributed by atoms with E-state index in [2.05, 4.69) is 46.5 Å². The van der Waals surface area contributed by atoms with Crippen molar-refractivity contribution >= 4 is 48.9 Å². The van der Waals surface area contributed by atoms with Crippen LogP contribution in [0.4, 0.5) is 0 Å². The van der Waals surface area contributed by atoms with Crippen LogP contribution < -0.4 is 21.3 Å². The van der Waals surface area contributed by atoms with E-state index in [0.717, 1.165) is 0 Å². The lowest BCUT2D eigenvalue weighted by Crippen LogP contribution is -2.47. The summed E-state index contributed by atoms with van der Waals surface area (Å²) in [5.41, 5.74) is 0. The van der Waals surface area contributed by atoms with Crippen molar-refractivity contribution in [2.45, 2.75) is 51.6 Å². The standard InChI is InChI=1S/C16H30N4O4S2/c1-11(21)19-13(5-9-25)15(23)17-7-3-4-8-18-16(24)14(6-10-26)20-12(2)22/h13-14,25-26H,3-10H2,1-2H3,(H,17,23)(H,18,24)(H,19,21)(H,20,22). The molecule has 0 aromatic rings. The largest absolute Gasteiger partial charge is 0.354 e. The number of carbonyl (C=O) groups is 4. The summed E-state index contributed by atoms with van der Waals surface area (Å²) in [5, 5.41) is 10.7. The third-order valence-corrected chi connectivity index (χ3v) is 3.94. The zero-order valence-electron chi connectivity index (χ0n) is 15.3. The smallest absolute Gasteiger partial charge is 0.242 e. The third-order valence-electron chi connectivity index (χ3n) is 3.43. The summed E-state index contributed by atoms with van der Waals surface area (Å²) in [6.45, 7) is 3.62. The molecule has 4 N–H and O–H groups in total. The fourth-order valence-electron chi connectivity index (χ4n) is 2.21. The first-order chi connectivity index (χ1) is 12.3. The summed E-state index contributed by atoms with van der Waals surface area (Å²) in [6.07, 6.45) is 2.27. The van der Waals surface area contributed by atoms with E-state index in [1.54, 1.807) is 0 Å². The molecule has 2 unspecified atom stereocenters. The highest BCUT2D eigenvalue weighted by Gasteiger charge is 2.19. The molecule has 0 radical (unpaired) electrons. The molecule has 0 rings (SSSR count). The van der Waals surface area contributed by atoms with Gasteiger partial charge in [-0.1, -0.05) is 0 Å². The molecule has 0 aliphatic rings. The quantitative estimate of drug-likeness (QED) is 0.185. The lowest BCUT2D eigenvalue weighted by Gasteiger charge is -2.17. The lowest BCUT2D eigenvalue weighted by atomic mass is 10.2. The molecule has 8 nitrogen and oxygen atoms in total. The zero-order valence-corrected chi connectivity index (χ0v) is 17.1. The molecule has 26 heavy (non-hydrogen) atoms. The number of unbranched alkanes of at least 4 members (excludes halogenated alkanes) is 1. The third kappa shape index (κ3) is 12.0. The van der Waals surface area contributed by atoms with E-state index >= 15 is 0 Å². The first kappa shape index (κ1) is 24.6. The Hall–Kier alpha value is -1.42. The highest BCUT2D eigenvalue weighted by molar-refractivity contribution is 7.80. The van der Waals surface area contributed by atoms with Crippen LogP contribution in [0.25, 0.3) is 0 Å². The molecule has 4 amide bonds. The molecule has 10 heteroatoms. The first-order valence-electron chi connectivity index (χ1n) is 8.63. The Kier molecular flexibility index (Phi) is 13.9. The summed E-state index contributed by atoms with van der Waals surface area (Å²) in [6, 6.07) is -1.16. The van der Waals surface area contributed by atoms with Crippen LogP contribution in [0.3, 0.4) is 0 Å². The molecule has 0 saturated carbocycles. The van der Waals surface area contributed by atoms with E-state index in [4.69, 9.17) is 0 Å². The first-order valence-corrected chi connectivity index (χ1v) is 9.89. The number of hydrogen-bond acceptors (Lipinski definition) is 6. The Morgan fingerprint density at radius 2 is 1.08 bits per heavy atom. The van der Waals surface area contributed by atoms with E-state index in [0.29, 0.717) is 50.3 Å². The summed E-state index contributed by atoms with van der Waals surface area (Å²) < 4.78 is 0. The van der Waals surface area contributed by atoms with Crippen LogP contribution in [0, 0.1) is 0 Å². The molecule has 0 aromatic heterocycles. The fraction of sp³-hybridized carbons (Fsp3) is 0.750. The Bertz CT molecular complexity index is 435. The number of amides is 4. The molecule has 2 atom stereocenters. The molecule has 0 aromatic carbocycles. The molecule has 0 spiro atoms. The zero-order chi connectivity index (χ0) is 19.9. The Balaban J connectivity index is 4.03. The van der Waals surface area contributed by atoms with Gasteiger partial charge >= 0.3 is 0 Å². The number of rotatable bonds is 13. The van der Waals surface area contributed by atoms with Crippen molar-refractivity contribution in [2.75, 3.05) is 24.6 Å². The topological polar surface area (TPSA) is 116 Å². The van der Waals surface area contributed by atoms with Crippen molar-refractivity contribution in [3.05, 3.63) is 0 Å². The van der Waals surface area contributed by atoms with E-state index in [-0.39, 0.29) is 23.6 Å². The van der Waals surface area contributed by atoms with Crippen molar-refractivity contribution in [1.82, 2.24) is 21.3 Å².